The number of carbonyl (C=O) groups is 1. The zero-order valence-corrected chi connectivity index (χ0v) is 12.0. The van der Waals surface area contributed by atoms with Crippen molar-refractivity contribution in [2.75, 3.05) is 25.2 Å². The normalized spacial score (nSPS) is 19.8. The lowest BCUT2D eigenvalue weighted by atomic mass is 9.92. The minimum atomic E-state index is -0.495. The number of nitrogens with zero attached hydrogens (tertiary/aromatic N) is 1. The summed E-state index contributed by atoms with van der Waals surface area (Å²) in [6, 6.07) is 0. The molecule has 5 heteroatoms. The molecule has 0 aliphatic carbocycles. The molecule has 1 aliphatic rings. The minimum absolute atomic E-state index is 0.00328. The zero-order chi connectivity index (χ0) is 13.1. The van der Waals surface area contributed by atoms with Crippen LogP contribution in [0.4, 0.5) is 4.79 Å². The molecule has 1 N–H and O–H groups in total. The van der Waals surface area contributed by atoms with Gasteiger partial charge in [-0.05, 0) is 45.1 Å². The van der Waals surface area contributed by atoms with E-state index in [1.807, 2.05) is 32.5 Å². The second kappa shape index (κ2) is 5.48. The maximum absolute atomic E-state index is 12.0. The Hall–Kier alpha value is -0.420. The number of carbonyl (C=O) groups excluding carboxylic acids is 1. The molecule has 0 aromatic rings. The van der Waals surface area contributed by atoms with Gasteiger partial charge in [-0.15, -0.1) is 0 Å². The molecule has 4 nitrogen and oxygen atoms in total. The third-order valence-corrected chi connectivity index (χ3v) is 4.08. The Bertz CT molecular complexity index is 269. The van der Waals surface area contributed by atoms with Gasteiger partial charge < -0.3 is 14.7 Å². The van der Waals surface area contributed by atoms with E-state index >= 15 is 0 Å². The Labute approximate surface area is 108 Å². The van der Waals surface area contributed by atoms with E-state index in [9.17, 15) is 9.90 Å². The van der Waals surface area contributed by atoms with Crippen LogP contribution < -0.4 is 0 Å². The number of hydrogen-bond acceptors (Lipinski definition) is 4. The van der Waals surface area contributed by atoms with Gasteiger partial charge >= 0.3 is 6.09 Å². The smallest absolute Gasteiger partial charge is 0.410 e. The lowest BCUT2D eigenvalue weighted by Crippen LogP contribution is -2.55. The van der Waals surface area contributed by atoms with E-state index < -0.39 is 11.1 Å². The maximum atomic E-state index is 12.0. The first-order chi connectivity index (χ1) is 7.81. The molecule has 1 rings (SSSR count). The van der Waals surface area contributed by atoms with Crippen molar-refractivity contribution in [2.24, 2.45) is 0 Å². The van der Waals surface area contributed by atoms with Crippen LogP contribution in [-0.4, -0.2) is 52.4 Å². The van der Waals surface area contributed by atoms with Crippen LogP contribution in [0.2, 0.25) is 0 Å². The van der Waals surface area contributed by atoms with Crippen LogP contribution in [0.15, 0.2) is 0 Å². The summed E-state index contributed by atoms with van der Waals surface area (Å²) < 4.78 is 5.35. The Kier molecular flexibility index (Phi) is 4.72. The number of ether oxygens (including phenoxy) is 1. The number of amides is 1. The second-order valence-corrected chi connectivity index (χ2v) is 6.76. The summed E-state index contributed by atoms with van der Waals surface area (Å²) in [5.74, 6) is 1.96. The van der Waals surface area contributed by atoms with E-state index in [2.05, 4.69) is 0 Å². The Morgan fingerprint density at radius 2 is 1.94 bits per heavy atom. The van der Waals surface area contributed by atoms with Gasteiger partial charge in [-0.1, -0.05) is 0 Å². The minimum Gasteiger partial charge on any atom is -0.444 e. The fourth-order valence-electron chi connectivity index (χ4n) is 1.87. The maximum Gasteiger partial charge on any atom is 0.410 e. The number of hydrogen-bond donors (Lipinski definition) is 1. The Morgan fingerprint density at radius 3 is 2.35 bits per heavy atom. The van der Waals surface area contributed by atoms with Gasteiger partial charge in [0.15, 0.2) is 0 Å². The summed E-state index contributed by atoms with van der Waals surface area (Å²) >= 11 is 1.86. The van der Waals surface area contributed by atoms with Crippen molar-refractivity contribution in [1.82, 2.24) is 4.90 Å². The molecular weight excluding hydrogens is 238 g/mol. The van der Waals surface area contributed by atoms with Crippen LogP contribution in [-0.2, 0) is 4.74 Å². The SMILES string of the molecule is CN(C(=O)OC(C)(C)C)C1(CO)CCSCC1. The molecule has 100 valence electrons. The number of likely N-dealkylation sites (N-methyl/N-ethyl adjacent to an activating group) is 1. The fraction of sp³-hybridized carbons (Fsp3) is 0.917. The summed E-state index contributed by atoms with van der Waals surface area (Å²) in [5, 5.41) is 9.60. The van der Waals surface area contributed by atoms with Crippen molar-refractivity contribution in [3.63, 3.8) is 0 Å². The van der Waals surface area contributed by atoms with Crippen molar-refractivity contribution in [3.05, 3.63) is 0 Å². The van der Waals surface area contributed by atoms with Crippen molar-refractivity contribution < 1.29 is 14.6 Å². The van der Waals surface area contributed by atoms with Crippen LogP contribution >= 0.6 is 11.8 Å². The Balaban J connectivity index is 2.71. The van der Waals surface area contributed by atoms with Crippen LogP contribution in [0, 0.1) is 0 Å². The van der Waals surface area contributed by atoms with Crippen molar-refractivity contribution in [3.8, 4) is 0 Å². The summed E-state index contributed by atoms with van der Waals surface area (Å²) in [6.45, 7) is 5.55. The predicted octanol–water partition coefficient (Wildman–Crippen LogP) is 2.11. The van der Waals surface area contributed by atoms with E-state index in [1.54, 1.807) is 11.9 Å². The molecule has 1 aliphatic heterocycles. The highest BCUT2D eigenvalue weighted by Gasteiger charge is 2.39. The summed E-state index contributed by atoms with van der Waals surface area (Å²) in [5.41, 5.74) is -0.932. The topological polar surface area (TPSA) is 49.8 Å². The summed E-state index contributed by atoms with van der Waals surface area (Å²) in [4.78, 5) is 13.6. The molecule has 0 radical (unpaired) electrons. The van der Waals surface area contributed by atoms with Gasteiger partial charge in [0.05, 0.1) is 12.1 Å². The average Bonchev–Trinajstić information content (AvgIpc) is 2.26. The second-order valence-electron chi connectivity index (χ2n) is 5.53. The molecule has 17 heavy (non-hydrogen) atoms. The summed E-state index contributed by atoms with van der Waals surface area (Å²) in [6.07, 6.45) is 1.30. The molecule has 0 atom stereocenters. The van der Waals surface area contributed by atoms with E-state index in [0.717, 1.165) is 24.3 Å². The average molecular weight is 261 g/mol. The molecule has 1 fully saturated rings. The van der Waals surface area contributed by atoms with Gasteiger partial charge in [0.2, 0.25) is 0 Å². The zero-order valence-electron chi connectivity index (χ0n) is 11.2. The first-order valence-electron chi connectivity index (χ1n) is 5.96. The number of thioether (sulfide) groups is 1. The lowest BCUT2D eigenvalue weighted by molar-refractivity contribution is -0.0123. The molecule has 0 bridgehead atoms. The highest BCUT2D eigenvalue weighted by atomic mass is 32.2. The quantitative estimate of drug-likeness (QED) is 0.827. The number of aliphatic hydroxyl groups excluding tert-OH is 1. The van der Waals surface area contributed by atoms with Gasteiger partial charge in [-0.3, -0.25) is 0 Å². The largest absolute Gasteiger partial charge is 0.444 e. The van der Waals surface area contributed by atoms with E-state index in [1.165, 1.54) is 0 Å². The molecule has 0 spiro atoms. The van der Waals surface area contributed by atoms with Crippen molar-refractivity contribution >= 4 is 17.9 Å². The standard InChI is InChI=1S/C12H23NO3S/c1-11(2,3)16-10(15)13(4)12(9-14)5-7-17-8-6-12/h14H,5-9H2,1-4H3. The van der Waals surface area contributed by atoms with E-state index in [-0.39, 0.29) is 12.7 Å². The van der Waals surface area contributed by atoms with Crippen molar-refractivity contribution in [1.29, 1.82) is 0 Å². The predicted molar refractivity (Wildman–Crippen MR) is 70.4 cm³/mol. The van der Waals surface area contributed by atoms with Crippen molar-refractivity contribution in [2.45, 2.75) is 44.8 Å². The number of rotatable bonds is 2. The highest BCUT2D eigenvalue weighted by Crippen LogP contribution is 2.32. The molecule has 0 aromatic heterocycles. The number of aliphatic hydroxyl groups is 1. The van der Waals surface area contributed by atoms with Crippen LogP contribution in [0.3, 0.4) is 0 Å². The third-order valence-electron chi connectivity index (χ3n) is 3.10. The first-order valence-corrected chi connectivity index (χ1v) is 7.12. The van der Waals surface area contributed by atoms with Gasteiger partial charge in [0, 0.05) is 7.05 Å². The fourth-order valence-corrected chi connectivity index (χ4v) is 3.13. The molecule has 0 aromatic carbocycles. The monoisotopic (exact) mass is 261 g/mol. The van der Waals surface area contributed by atoms with Crippen LogP contribution in [0.25, 0.3) is 0 Å². The van der Waals surface area contributed by atoms with Gasteiger partial charge in [-0.2, -0.15) is 11.8 Å². The van der Waals surface area contributed by atoms with Gasteiger partial charge in [0.25, 0.3) is 0 Å². The third kappa shape index (κ3) is 3.78. The van der Waals surface area contributed by atoms with Crippen LogP contribution in [0.5, 0.6) is 0 Å². The first kappa shape index (κ1) is 14.6. The van der Waals surface area contributed by atoms with E-state index in [4.69, 9.17) is 4.74 Å². The molecule has 1 heterocycles. The lowest BCUT2D eigenvalue weighted by Gasteiger charge is -2.43. The highest BCUT2D eigenvalue weighted by molar-refractivity contribution is 7.99. The van der Waals surface area contributed by atoms with Crippen LogP contribution in [0.1, 0.15) is 33.6 Å². The Morgan fingerprint density at radius 1 is 1.41 bits per heavy atom. The van der Waals surface area contributed by atoms with Gasteiger partial charge in [-0.25, -0.2) is 4.79 Å². The molecule has 0 saturated carbocycles. The van der Waals surface area contributed by atoms with E-state index in [0.29, 0.717) is 0 Å². The molecule has 0 unspecified atom stereocenters. The van der Waals surface area contributed by atoms with Gasteiger partial charge in [0.1, 0.15) is 5.60 Å². The molecular formula is C12H23NO3S. The molecule has 1 saturated heterocycles. The summed E-state index contributed by atoms with van der Waals surface area (Å²) in [7, 11) is 1.72. The molecule has 1 amide bonds.